The molecule has 1 amide bonds. The Kier molecular flexibility index (Phi) is 4.80. The lowest BCUT2D eigenvalue weighted by Gasteiger charge is -2.12. The number of ether oxygens (including phenoxy) is 2. The smallest absolute Gasteiger partial charge is 0.274 e. The summed E-state index contributed by atoms with van der Waals surface area (Å²) in [6.45, 7) is 1.38. The highest BCUT2D eigenvalue weighted by Gasteiger charge is 2.16. The number of hydrogen-bond donors (Lipinski definition) is 1. The van der Waals surface area contributed by atoms with E-state index < -0.39 is 0 Å². The number of hydrogen-bond acceptors (Lipinski definition) is 4. The Bertz CT molecular complexity index is 903. The van der Waals surface area contributed by atoms with Crippen LogP contribution in [0, 0.1) is 0 Å². The summed E-state index contributed by atoms with van der Waals surface area (Å²) in [4.78, 5) is 16.7. The summed E-state index contributed by atoms with van der Waals surface area (Å²) < 4.78 is 11.3. The molecule has 26 heavy (non-hydrogen) atoms. The largest absolute Gasteiger partial charge is 0.491 e. The molecule has 2 aromatic carbocycles. The lowest BCUT2D eigenvalue weighted by Crippen LogP contribution is -2.16. The van der Waals surface area contributed by atoms with E-state index in [0.717, 1.165) is 36.0 Å². The average Bonchev–Trinajstić information content (AvgIpc) is 3.21. The van der Waals surface area contributed by atoms with E-state index in [-0.39, 0.29) is 12.0 Å². The van der Waals surface area contributed by atoms with Crippen molar-refractivity contribution in [2.75, 3.05) is 18.5 Å². The molecule has 1 saturated heterocycles. The van der Waals surface area contributed by atoms with E-state index in [1.807, 2.05) is 48.5 Å². The van der Waals surface area contributed by atoms with Crippen LogP contribution in [0.15, 0.2) is 60.8 Å². The van der Waals surface area contributed by atoms with Crippen molar-refractivity contribution in [3.8, 4) is 5.75 Å². The Morgan fingerprint density at radius 1 is 1.15 bits per heavy atom. The number of aromatic nitrogens is 1. The Morgan fingerprint density at radius 2 is 1.96 bits per heavy atom. The van der Waals surface area contributed by atoms with Gasteiger partial charge in [0.25, 0.3) is 5.91 Å². The van der Waals surface area contributed by atoms with Gasteiger partial charge in [0, 0.05) is 23.9 Å². The van der Waals surface area contributed by atoms with Gasteiger partial charge in [-0.15, -0.1) is 0 Å². The fourth-order valence-corrected chi connectivity index (χ4v) is 3.00. The summed E-state index contributed by atoms with van der Waals surface area (Å²) >= 11 is 0. The number of carbonyl (C=O) groups excluding carboxylic acids is 1. The maximum Gasteiger partial charge on any atom is 0.274 e. The molecule has 1 N–H and O–H groups in total. The molecule has 0 bridgehead atoms. The number of amides is 1. The molecule has 4 rings (SSSR count). The SMILES string of the molecule is O=C(Nc1ccc(OCC2CCCO2)cc1)c1cc2ccccc2cn1. The number of fused-ring (bicyclic) bond motifs is 1. The minimum absolute atomic E-state index is 0.188. The molecule has 1 unspecified atom stereocenters. The van der Waals surface area contributed by atoms with Crippen molar-refractivity contribution >= 4 is 22.4 Å². The predicted octanol–water partition coefficient (Wildman–Crippen LogP) is 4.04. The molecule has 1 atom stereocenters. The molecule has 1 aromatic heterocycles. The number of anilines is 1. The second-order valence-corrected chi connectivity index (χ2v) is 6.34. The van der Waals surface area contributed by atoms with Crippen molar-refractivity contribution in [2.24, 2.45) is 0 Å². The molecule has 5 nitrogen and oxygen atoms in total. The highest BCUT2D eigenvalue weighted by atomic mass is 16.5. The molecule has 1 aliphatic heterocycles. The maximum absolute atomic E-state index is 12.4. The van der Waals surface area contributed by atoms with Crippen LogP contribution in [-0.2, 0) is 4.74 Å². The highest BCUT2D eigenvalue weighted by molar-refractivity contribution is 6.04. The van der Waals surface area contributed by atoms with Gasteiger partial charge in [0.2, 0.25) is 0 Å². The summed E-state index contributed by atoms with van der Waals surface area (Å²) in [7, 11) is 0. The van der Waals surface area contributed by atoms with Crippen LogP contribution in [0.25, 0.3) is 10.8 Å². The lowest BCUT2D eigenvalue weighted by molar-refractivity contribution is 0.0679. The third-order valence-corrected chi connectivity index (χ3v) is 4.44. The van der Waals surface area contributed by atoms with Gasteiger partial charge in [0.15, 0.2) is 0 Å². The van der Waals surface area contributed by atoms with Crippen LogP contribution in [-0.4, -0.2) is 30.2 Å². The number of benzene rings is 2. The third-order valence-electron chi connectivity index (χ3n) is 4.44. The van der Waals surface area contributed by atoms with Crippen molar-refractivity contribution in [3.05, 3.63) is 66.5 Å². The summed E-state index contributed by atoms with van der Waals surface area (Å²) in [5.41, 5.74) is 1.09. The minimum Gasteiger partial charge on any atom is -0.491 e. The van der Waals surface area contributed by atoms with Crippen LogP contribution in [0.3, 0.4) is 0 Å². The molecule has 0 spiro atoms. The van der Waals surface area contributed by atoms with Gasteiger partial charge in [0.05, 0.1) is 6.10 Å². The minimum atomic E-state index is -0.233. The zero-order valence-corrected chi connectivity index (χ0v) is 14.4. The highest BCUT2D eigenvalue weighted by Crippen LogP contribution is 2.19. The van der Waals surface area contributed by atoms with Gasteiger partial charge in [-0.1, -0.05) is 24.3 Å². The van der Waals surface area contributed by atoms with Gasteiger partial charge in [-0.05, 0) is 48.6 Å². The monoisotopic (exact) mass is 348 g/mol. The fraction of sp³-hybridized carbons (Fsp3) is 0.238. The Balaban J connectivity index is 1.38. The molecule has 1 aliphatic rings. The zero-order chi connectivity index (χ0) is 17.8. The van der Waals surface area contributed by atoms with Crippen molar-refractivity contribution in [1.82, 2.24) is 4.98 Å². The molecule has 0 aliphatic carbocycles. The van der Waals surface area contributed by atoms with E-state index in [2.05, 4.69) is 10.3 Å². The molecule has 132 valence electrons. The van der Waals surface area contributed by atoms with Crippen molar-refractivity contribution in [1.29, 1.82) is 0 Å². The van der Waals surface area contributed by atoms with Crippen LogP contribution < -0.4 is 10.1 Å². The lowest BCUT2D eigenvalue weighted by atomic mass is 10.1. The standard InChI is InChI=1S/C21H20N2O3/c24-21(20-12-15-4-1-2-5-16(15)13-22-20)23-17-7-9-18(10-8-17)26-14-19-6-3-11-25-19/h1-2,4-5,7-10,12-13,19H,3,6,11,14H2,(H,23,24). The van der Waals surface area contributed by atoms with Crippen LogP contribution in [0.4, 0.5) is 5.69 Å². The number of nitrogens with one attached hydrogen (secondary N) is 1. The first-order valence-corrected chi connectivity index (χ1v) is 8.78. The van der Waals surface area contributed by atoms with Crippen LogP contribution in [0.1, 0.15) is 23.3 Å². The summed E-state index contributed by atoms with van der Waals surface area (Å²) in [5, 5.41) is 4.87. The first-order valence-electron chi connectivity index (χ1n) is 8.78. The van der Waals surface area contributed by atoms with Gasteiger partial charge in [0.1, 0.15) is 18.1 Å². The van der Waals surface area contributed by atoms with Crippen molar-refractivity contribution in [2.45, 2.75) is 18.9 Å². The Hall–Kier alpha value is -2.92. The summed E-state index contributed by atoms with van der Waals surface area (Å²) in [5.74, 6) is 0.533. The molecule has 3 aromatic rings. The topological polar surface area (TPSA) is 60.5 Å². The van der Waals surface area contributed by atoms with Crippen LogP contribution in [0.2, 0.25) is 0 Å². The van der Waals surface area contributed by atoms with E-state index in [1.165, 1.54) is 0 Å². The van der Waals surface area contributed by atoms with Crippen LogP contribution in [0.5, 0.6) is 5.75 Å². The number of carbonyl (C=O) groups is 1. The van der Waals surface area contributed by atoms with E-state index >= 15 is 0 Å². The second-order valence-electron chi connectivity index (χ2n) is 6.34. The first kappa shape index (κ1) is 16.5. The normalized spacial score (nSPS) is 16.5. The van der Waals surface area contributed by atoms with E-state index in [4.69, 9.17) is 9.47 Å². The quantitative estimate of drug-likeness (QED) is 0.756. The van der Waals surface area contributed by atoms with E-state index in [1.54, 1.807) is 12.3 Å². The van der Waals surface area contributed by atoms with E-state index in [0.29, 0.717) is 18.0 Å². The number of rotatable bonds is 5. The maximum atomic E-state index is 12.4. The Morgan fingerprint density at radius 3 is 2.73 bits per heavy atom. The fourth-order valence-electron chi connectivity index (χ4n) is 3.00. The third kappa shape index (κ3) is 3.83. The molecular formula is C21H20N2O3. The van der Waals surface area contributed by atoms with Gasteiger partial charge in [-0.2, -0.15) is 0 Å². The second kappa shape index (κ2) is 7.54. The number of nitrogens with zero attached hydrogens (tertiary/aromatic N) is 1. The summed E-state index contributed by atoms with van der Waals surface area (Å²) in [6, 6.07) is 17.0. The molecule has 0 saturated carbocycles. The van der Waals surface area contributed by atoms with Crippen molar-refractivity contribution < 1.29 is 14.3 Å². The average molecular weight is 348 g/mol. The van der Waals surface area contributed by atoms with Crippen LogP contribution >= 0.6 is 0 Å². The van der Waals surface area contributed by atoms with Gasteiger partial charge < -0.3 is 14.8 Å². The van der Waals surface area contributed by atoms with Gasteiger partial charge >= 0.3 is 0 Å². The zero-order valence-electron chi connectivity index (χ0n) is 14.4. The molecule has 1 fully saturated rings. The molecular weight excluding hydrogens is 328 g/mol. The molecule has 0 radical (unpaired) electrons. The summed E-state index contributed by atoms with van der Waals surface area (Å²) in [6.07, 6.45) is 4.05. The predicted molar refractivity (Wildman–Crippen MR) is 101 cm³/mol. The molecule has 2 heterocycles. The number of pyridine rings is 1. The van der Waals surface area contributed by atoms with E-state index in [9.17, 15) is 4.79 Å². The van der Waals surface area contributed by atoms with Crippen molar-refractivity contribution in [3.63, 3.8) is 0 Å². The molecule has 5 heteroatoms. The van der Waals surface area contributed by atoms with Gasteiger partial charge in [-0.3, -0.25) is 9.78 Å². The first-order chi connectivity index (χ1) is 12.8. The Labute approximate surface area is 152 Å². The van der Waals surface area contributed by atoms with Gasteiger partial charge in [-0.25, -0.2) is 0 Å².